The molecule has 0 saturated carbocycles. The Morgan fingerprint density at radius 3 is 2.63 bits per heavy atom. The van der Waals surface area contributed by atoms with Gasteiger partial charge in [0.05, 0.1) is 11.1 Å². The molecule has 0 aliphatic rings. The number of carbonyl (C=O) groups excluding carboxylic acids is 1. The van der Waals surface area contributed by atoms with Crippen LogP contribution in [0.4, 0.5) is 0 Å². The smallest absolute Gasteiger partial charge is 0.255 e. The fourth-order valence-corrected chi connectivity index (χ4v) is 3.58. The number of unbranched alkanes of at least 4 members (excludes halogenated alkanes) is 2. The molecular weight excluding hydrogens is 376 g/mol. The maximum Gasteiger partial charge on any atom is 0.255 e. The van der Waals surface area contributed by atoms with E-state index in [1.54, 1.807) is 18.5 Å². The zero-order valence-electron chi connectivity index (χ0n) is 17.5. The van der Waals surface area contributed by atoms with Crippen LogP contribution in [-0.4, -0.2) is 21.1 Å². The summed E-state index contributed by atoms with van der Waals surface area (Å²) < 4.78 is 0. The van der Waals surface area contributed by atoms with Crippen LogP contribution in [0.25, 0.3) is 11.1 Å². The van der Waals surface area contributed by atoms with Gasteiger partial charge < -0.3 is 15.5 Å². The quantitative estimate of drug-likeness (QED) is 0.455. The second kappa shape index (κ2) is 9.92. The van der Waals surface area contributed by atoms with E-state index in [2.05, 4.69) is 17.2 Å². The molecule has 0 radical (unpaired) electrons. The van der Waals surface area contributed by atoms with Crippen molar-refractivity contribution in [3.63, 3.8) is 0 Å². The van der Waals surface area contributed by atoms with Crippen LogP contribution < -0.4 is 5.32 Å². The molecule has 0 saturated heterocycles. The van der Waals surface area contributed by atoms with Crippen LogP contribution in [0.2, 0.25) is 0 Å². The zero-order chi connectivity index (χ0) is 21.5. The van der Waals surface area contributed by atoms with Crippen molar-refractivity contribution in [2.45, 2.75) is 46.1 Å². The van der Waals surface area contributed by atoms with Crippen LogP contribution in [-0.2, 0) is 13.0 Å². The van der Waals surface area contributed by atoms with Crippen LogP contribution in [0.3, 0.4) is 0 Å². The highest BCUT2D eigenvalue weighted by Crippen LogP contribution is 2.42. The first-order valence-corrected chi connectivity index (χ1v) is 10.3. The molecule has 0 aliphatic heterocycles. The van der Waals surface area contributed by atoms with E-state index in [1.165, 1.54) is 0 Å². The number of nitrogens with zero attached hydrogens (tertiary/aromatic N) is 1. The summed E-state index contributed by atoms with van der Waals surface area (Å²) in [6.45, 7) is 4.36. The third-order valence-electron chi connectivity index (χ3n) is 5.12. The van der Waals surface area contributed by atoms with Gasteiger partial charge >= 0.3 is 0 Å². The number of phenolic OH excluding ortho intramolecular Hbond substituents is 2. The molecule has 0 atom stereocenters. The number of nitrogens with one attached hydrogen (secondary N) is 1. The Balaban J connectivity index is 2.00. The Hall–Kier alpha value is -3.34. The van der Waals surface area contributed by atoms with Gasteiger partial charge in [0.25, 0.3) is 5.91 Å². The lowest BCUT2D eigenvalue weighted by Gasteiger charge is -2.17. The van der Waals surface area contributed by atoms with E-state index >= 15 is 0 Å². The number of hydrogen-bond acceptors (Lipinski definition) is 4. The van der Waals surface area contributed by atoms with Gasteiger partial charge in [-0.05, 0) is 48.6 Å². The van der Waals surface area contributed by atoms with E-state index in [0.717, 1.165) is 30.4 Å². The van der Waals surface area contributed by atoms with E-state index in [1.807, 2.05) is 43.3 Å². The minimum atomic E-state index is -0.364. The molecular formula is C25H28N2O3. The van der Waals surface area contributed by atoms with Crippen molar-refractivity contribution in [2.24, 2.45) is 0 Å². The van der Waals surface area contributed by atoms with Gasteiger partial charge in [-0.1, -0.05) is 55.7 Å². The molecule has 2 aromatic carbocycles. The van der Waals surface area contributed by atoms with E-state index in [4.69, 9.17) is 0 Å². The molecule has 30 heavy (non-hydrogen) atoms. The second-order valence-corrected chi connectivity index (χ2v) is 7.52. The third kappa shape index (κ3) is 4.98. The number of hydrogen-bond donors (Lipinski definition) is 3. The Morgan fingerprint density at radius 1 is 1.10 bits per heavy atom. The number of aryl methyl sites for hydroxylation is 2. The highest BCUT2D eigenvalue weighted by molar-refractivity contribution is 6.01. The summed E-state index contributed by atoms with van der Waals surface area (Å²) in [6, 6.07) is 12.8. The Labute approximate surface area is 177 Å². The van der Waals surface area contributed by atoms with Crippen molar-refractivity contribution in [2.75, 3.05) is 0 Å². The molecule has 0 bridgehead atoms. The lowest BCUT2D eigenvalue weighted by atomic mass is 9.92. The van der Waals surface area contributed by atoms with Crippen molar-refractivity contribution in [3.05, 3.63) is 77.1 Å². The molecule has 5 nitrogen and oxygen atoms in total. The number of amides is 1. The second-order valence-electron chi connectivity index (χ2n) is 7.52. The van der Waals surface area contributed by atoms with E-state index < -0.39 is 0 Å². The Kier molecular flexibility index (Phi) is 7.07. The van der Waals surface area contributed by atoms with Crippen molar-refractivity contribution in [3.8, 4) is 22.6 Å². The normalized spacial score (nSPS) is 10.7. The zero-order valence-corrected chi connectivity index (χ0v) is 17.5. The molecule has 1 aromatic heterocycles. The van der Waals surface area contributed by atoms with Gasteiger partial charge in [0, 0.05) is 18.9 Å². The van der Waals surface area contributed by atoms with E-state index in [-0.39, 0.29) is 28.5 Å². The van der Waals surface area contributed by atoms with E-state index in [0.29, 0.717) is 24.1 Å². The third-order valence-corrected chi connectivity index (χ3v) is 5.12. The number of aromatic nitrogens is 1. The molecule has 5 heteroatoms. The summed E-state index contributed by atoms with van der Waals surface area (Å²) in [7, 11) is 0. The number of aromatic hydroxyl groups is 2. The molecule has 3 rings (SSSR count). The Morgan fingerprint density at radius 2 is 1.93 bits per heavy atom. The van der Waals surface area contributed by atoms with Gasteiger partial charge in [-0.15, -0.1) is 0 Å². The van der Waals surface area contributed by atoms with Gasteiger partial charge in [0.15, 0.2) is 0 Å². The van der Waals surface area contributed by atoms with Crippen molar-refractivity contribution < 1.29 is 15.0 Å². The summed E-state index contributed by atoms with van der Waals surface area (Å²) in [5.41, 5.74) is 3.70. The van der Waals surface area contributed by atoms with Crippen LogP contribution in [0.5, 0.6) is 11.5 Å². The number of pyridine rings is 1. The molecule has 0 spiro atoms. The molecule has 3 aromatic rings. The van der Waals surface area contributed by atoms with Gasteiger partial charge in [-0.2, -0.15) is 0 Å². The molecule has 156 valence electrons. The highest BCUT2D eigenvalue weighted by Gasteiger charge is 2.23. The van der Waals surface area contributed by atoms with Crippen molar-refractivity contribution in [1.29, 1.82) is 0 Å². The monoisotopic (exact) mass is 404 g/mol. The van der Waals surface area contributed by atoms with Crippen LogP contribution in [0.15, 0.2) is 54.9 Å². The number of rotatable bonds is 8. The molecule has 0 aliphatic carbocycles. The predicted octanol–water partition coefficient (Wildman–Crippen LogP) is 5.13. The lowest BCUT2D eigenvalue weighted by Crippen LogP contribution is -2.24. The first kappa shape index (κ1) is 21.4. The maximum atomic E-state index is 13.1. The molecule has 0 unspecified atom stereocenters. The summed E-state index contributed by atoms with van der Waals surface area (Å²) in [5, 5.41) is 24.6. The summed E-state index contributed by atoms with van der Waals surface area (Å²) in [5.74, 6) is -0.569. The molecule has 1 amide bonds. The SMILES string of the molecule is CCCCCc1cc(O)c(-c2cccc(C)c2)c(O)c1C(=O)NCc1cccnc1. The number of carbonyl (C=O) groups is 1. The van der Waals surface area contributed by atoms with E-state index in [9.17, 15) is 15.0 Å². The minimum Gasteiger partial charge on any atom is -0.507 e. The first-order valence-electron chi connectivity index (χ1n) is 10.3. The average Bonchev–Trinajstić information content (AvgIpc) is 2.73. The largest absolute Gasteiger partial charge is 0.507 e. The predicted molar refractivity (Wildman–Crippen MR) is 119 cm³/mol. The van der Waals surface area contributed by atoms with Gasteiger partial charge in [-0.25, -0.2) is 0 Å². The average molecular weight is 405 g/mol. The number of benzene rings is 2. The van der Waals surface area contributed by atoms with Crippen LogP contribution in [0.1, 0.15) is 53.2 Å². The fourth-order valence-electron chi connectivity index (χ4n) is 3.58. The fraction of sp³-hybridized carbons (Fsp3) is 0.280. The van der Waals surface area contributed by atoms with Gasteiger partial charge in [0.1, 0.15) is 11.5 Å². The highest BCUT2D eigenvalue weighted by atomic mass is 16.3. The van der Waals surface area contributed by atoms with Crippen molar-refractivity contribution in [1.82, 2.24) is 10.3 Å². The lowest BCUT2D eigenvalue weighted by molar-refractivity contribution is 0.0947. The molecule has 3 N–H and O–H groups in total. The van der Waals surface area contributed by atoms with Crippen LogP contribution in [0, 0.1) is 6.92 Å². The summed E-state index contributed by atoms with van der Waals surface area (Å²) in [4.78, 5) is 17.1. The number of phenols is 2. The van der Waals surface area contributed by atoms with Gasteiger partial charge in [0.2, 0.25) is 0 Å². The van der Waals surface area contributed by atoms with Crippen LogP contribution >= 0.6 is 0 Å². The minimum absolute atomic E-state index is 0.0200. The summed E-state index contributed by atoms with van der Waals surface area (Å²) >= 11 is 0. The summed E-state index contributed by atoms with van der Waals surface area (Å²) in [6.07, 6.45) is 6.91. The van der Waals surface area contributed by atoms with Crippen molar-refractivity contribution >= 4 is 5.91 Å². The molecule has 0 fully saturated rings. The first-order chi connectivity index (χ1) is 14.5. The Bertz CT molecular complexity index is 1020. The standard InChI is InChI=1S/C25H28N2O3/c1-3-4-5-10-20-14-21(28)22(19-11-6-8-17(2)13-19)24(29)23(20)25(30)27-16-18-9-7-12-26-15-18/h6-9,11-15,28-29H,3-5,10,16H2,1-2H3,(H,27,30). The van der Waals surface area contributed by atoms with Gasteiger partial charge in [-0.3, -0.25) is 9.78 Å². The topological polar surface area (TPSA) is 82.5 Å². The maximum absolute atomic E-state index is 13.1. The molecule has 1 heterocycles.